The molecule has 1 unspecified atom stereocenters. The van der Waals surface area contributed by atoms with E-state index in [1.54, 1.807) is 0 Å². The number of ether oxygens (including phenoxy) is 1. The van der Waals surface area contributed by atoms with Crippen LogP contribution in [0.5, 0.6) is 0 Å². The normalized spacial score (nSPS) is 24.4. The van der Waals surface area contributed by atoms with Gasteiger partial charge in [-0.05, 0) is 21.1 Å². The van der Waals surface area contributed by atoms with Gasteiger partial charge in [0, 0.05) is 32.7 Å². The Labute approximate surface area is 87.2 Å². The average Bonchev–Trinajstić information content (AvgIpc) is 2.15. The smallest absolute Gasteiger partial charge is 0.0829 e. The lowest BCUT2D eigenvalue weighted by molar-refractivity contribution is -0.0322. The molecule has 1 rings (SSSR count). The van der Waals surface area contributed by atoms with Crippen molar-refractivity contribution in [2.45, 2.75) is 6.10 Å². The summed E-state index contributed by atoms with van der Waals surface area (Å²) in [6.45, 7) is 6.16. The zero-order valence-electron chi connectivity index (χ0n) is 9.62. The molecular weight excluding hydrogens is 178 g/mol. The number of nitrogens with one attached hydrogen (secondary N) is 1. The molecule has 1 fully saturated rings. The van der Waals surface area contributed by atoms with E-state index in [1.807, 2.05) is 7.05 Å². The summed E-state index contributed by atoms with van der Waals surface area (Å²) in [5, 5.41) is 3.15. The summed E-state index contributed by atoms with van der Waals surface area (Å²) in [6, 6.07) is 0. The van der Waals surface area contributed by atoms with Gasteiger partial charge in [-0.3, -0.25) is 0 Å². The van der Waals surface area contributed by atoms with E-state index in [0.29, 0.717) is 6.10 Å². The molecule has 1 aliphatic heterocycles. The number of nitrogens with zero attached hydrogens (tertiary/aromatic N) is 2. The minimum absolute atomic E-state index is 0.385. The SMILES string of the molecule is CNCCN(C)CC1CN(C)CCO1. The van der Waals surface area contributed by atoms with Gasteiger partial charge in [0.25, 0.3) is 0 Å². The largest absolute Gasteiger partial charge is 0.374 e. The fraction of sp³-hybridized carbons (Fsp3) is 1.00. The van der Waals surface area contributed by atoms with Crippen LogP contribution in [0, 0.1) is 0 Å². The summed E-state index contributed by atoms with van der Waals surface area (Å²) in [5.41, 5.74) is 0. The predicted octanol–water partition coefficient (Wildman–Crippen LogP) is -0.532. The Morgan fingerprint density at radius 2 is 2.36 bits per heavy atom. The summed E-state index contributed by atoms with van der Waals surface area (Å²) in [7, 11) is 6.29. The Morgan fingerprint density at radius 3 is 3.00 bits per heavy atom. The number of hydrogen-bond acceptors (Lipinski definition) is 4. The minimum atomic E-state index is 0.385. The molecule has 1 saturated heterocycles. The van der Waals surface area contributed by atoms with Crippen molar-refractivity contribution < 1.29 is 4.74 Å². The third kappa shape index (κ3) is 4.37. The molecule has 1 aliphatic rings. The number of morpholine rings is 1. The average molecular weight is 201 g/mol. The zero-order valence-corrected chi connectivity index (χ0v) is 9.62. The minimum Gasteiger partial charge on any atom is -0.374 e. The second kappa shape index (κ2) is 6.35. The summed E-state index contributed by atoms with van der Waals surface area (Å²) >= 11 is 0. The molecule has 4 nitrogen and oxygen atoms in total. The highest BCUT2D eigenvalue weighted by molar-refractivity contribution is 4.71. The molecule has 0 spiro atoms. The molecule has 0 saturated carbocycles. The van der Waals surface area contributed by atoms with Crippen LogP contribution in [0.1, 0.15) is 0 Å². The standard InChI is InChI=1S/C10H23N3O/c1-11-4-5-12(2)8-10-9-13(3)6-7-14-10/h10-11H,4-9H2,1-3H3. The molecule has 1 N–H and O–H groups in total. The maximum atomic E-state index is 5.70. The van der Waals surface area contributed by atoms with Crippen molar-refractivity contribution in [3.63, 3.8) is 0 Å². The van der Waals surface area contributed by atoms with Crippen molar-refractivity contribution in [1.29, 1.82) is 0 Å². The summed E-state index contributed by atoms with van der Waals surface area (Å²) in [4.78, 5) is 4.65. The molecule has 0 aromatic carbocycles. The van der Waals surface area contributed by atoms with Crippen molar-refractivity contribution in [3.8, 4) is 0 Å². The second-order valence-electron chi connectivity index (χ2n) is 4.12. The number of hydrogen-bond donors (Lipinski definition) is 1. The second-order valence-corrected chi connectivity index (χ2v) is 4.12. The Balaban J connectivity index is 2.15. The van der Waals surface area contributed by atoms with Gasteiger partial charge in [0.15, 0.2) is 0 Å². The third-order valence-corrected chi connectivity index (χ3v) is 2.60. The van der Waals surface area contributed by atoms with E-state index < -0.39 is 0 Å². The van der Waals surface area contributed by atoms with Crippen LogP contribution >= 0.6 is 0 Å². The Kier molecular flexibility index (Phi) is 5.40. The van der Waals surface area contributed by atoms with Crippen LogP contribution in [0.15, 0.2) is 0 Å². The lowest BCUT2D eigenvalue weighted by atomic mass is 10.2. The predicted molar refractivity (Wildman–Crippen MR) is 58.7 cm³/mol. The monoisotopic (exact) mass is 201 g/mol. The molecule has 0 aromatic rings. The van der Waals surface area contributed by atoms with Crippen LogP contribution in [0.4, 0.5) is 0 Å². The highest BCUT2D eigenvalue weighted by Gasteiger charge is 2.18. The van der Waals surface area contributed by atoms with Crippen LogP contribution in [0.3, 0.4) is 0 Å². The van der Waals surface area contributed by atoms with Crippen LogP contribution in [-0.4, -0.2) is 76.4 Å². The molecule has 4 heteroatoms. The first-order valence-corrected chi connectivity index (χ1v) is 5.35. The first-order chi connectivity index (χ1) is 6.72. The molecule has 0 radical (unpaired) electrons. The van der Waals surface area contributed by atoms with Gasteiger partial charge in [0.2, 0.25) is 0 Å². The van der Waals surface area contributed by atoms with E-state index in [1.165, 1.54) is 0 Å². The quantitative estimate of drug-likeness (QED) is 0.647. The summed E-state index contributed by atoms with van der Waals surface area (Å²) in [6.07, 6.45) is 0.385. The van der Waals surface area contributed by atoms with Crippen LogP contribution in [0.2, 0.25) is 0 Å². The van der Waals surface area contributed by atoms with Gasteiger partial charge in [-0.15, -0.1) is 0 Å². The van der Waals surface area contributed by atoms with Crippen molar-refractivity contribution in [2.24, 2.45) is 0 Å². The van der Waals surface area contributed by atoms with Crippen molar-refractivity contribution in [3.05, 3.63) is 0 Å². The molecule has 0 aromatic heterocycles. The Bertz CT molecular complexity index is 154. The van der Waals surface area contributed by atoms with Gasteiger partial charge in [-0.25, -0.2) is 0 Å². The Morgan fingerprint density at radius 1 is 1.57 bits per heavy atom. The molecular formula is C10H23N3O. The fourth-order valence-electron chi connectivity index (χ4n) is 1.72. The van der Waals surface area contributed by atoms with Crippen molar-refractivity contribution in [2.75, 3.05) is 60.5 Å². The molecule has 0 aliphatic carbocycles. The van der Waals surface area contributed by atoms with Crippen LogP contribution < -0.4 is 5.32 Å². The molecule has 0 bridgehead atoms. The Hall–Kier alpha value is -0.160. The van der Waals surface area contributed by atoms with Crippen molar-refractivity contribution in [1.82, 2.24) is 15.1 Å². The van der Waals surface area contributed by atoms with Gasteiger partial charge in [0.1, 0.15) is 0 Å². The highest BCUT2D eigenvalue weighted by Crippen LogP contribution is 2.03. The van der Waals surface area contributed by atoms with E-state index in [9.17, 15) is 0 Å². The molecule has 1 heterocycles. The van der Waals surface area contributed by atoms with Gasteiger partial charge < -0.3 is 19.9 Å². The molecule has 14 heavy (non-hydrogen) atoms. The summed E-state index contributed by atoms with van der Waals surface area (Å²) in [5.74, 6) is 0. The lowest BCUT2D eigenvalue weighted by Gasteiger charge is -2.32. The van der Waals surface area contributed by atoms with Gasteiger partial charge in [-0.1, -0.05) is 0 Å². The summed E-state index contributed by atoms with van der Waals surface area (Å²) < 4.78 is 5.70. The fourth-order valence-corrected chi connectivity index (χ4v) is 1.72. The lowest BCUT2D eigenvalue weighted by Crippen LogP contribution is -2.46. The first-order valence-electron chi connectivity index (χ1n) is 5.35. The van der Waals surface area contributed by atoms with E-state index in [4.69, 9.17) is 4.74 Å². The van der Waals surface area contributed by atoms with Crippen molar-refractivity contribution >= 4 is 0 Å². The van der Waals surface area contributed by atoms with Gasteiger partial charge >= 0.3 is 0 Å². The zero-order chi connectivity index (χ0) is 10.4. The topological polar surface area (TPSA) is 27.7 Å². The van der Waals surface area contributed by atoms with Gasteiger partial charge in [-0.2, -0.15) is 0 Å². The number of likely N-dealkylation sites (N-methyl/N-ethyl adjacent to an activating group) is 3. The van der Waals surface area contributed by atoms with Gasteiger partial charge in [0.05, 0.1) is 12.7 Å². The van der Waals surface area contributed by atoms with E-state index in [0.717, 1.165) is 39.3 Å². The maximum Gasteiger partial charge on any atom is 0.0829 e. The highest BCUT2D eigenvalue weighted by atomic mass is 16.5. The van der Waals surface area contributed by atoms with Crippen LogP contribution in [-0.2, 0) is 4.74 Å². The van der Waals surface area contributed by atoms with E-state index in [2.05, 4.69) is 29.2 Å². The molecule has 1 atom stereocenters. The van der Waals surface area contributed by atoms with E-state index in [-0.39, 0.29) is 0 Å². The van der Waals surface area contributed by atoms with E-state index >= 15 is 0 Å². The third-order valence-electron chi connectivity index (χ3n) is 2.60. The van der Waals surface area contributed by atoms with Crippen LogP contribution in [0.25, 0.3) is 0 Å². The number of rotatable bonds is 5. The molecule has 84 valence electrons. The molecule has 0 amide bonds. The maximum absolute atomic E-state index is 5.70. The first kappa shape index (κ1) is 11.9.